The fourth-order valence-electron chi connectivity index (χ4n) is 10.5. The number of hydrogen-bond acceptors (Lipinski definition) is 11. The Labute approximate surface area is 401 Å². The van der Waals surface area contributed by atoms with Crippen molar-refractivity contribution in [2.24, 2.45) is 0 Å². The molecule has 2 N–H and O–H groups in total. The second-order valence-corrected chi connectivity index (χ2v) is 20.5. The van der Waals surface area contributed by atoms with Crippen molar-refractivity contribution in [1.82, 2.24) is 38.7 Å². The number of ether oxygens (including phenoxy) is 2. The molecule has 0 atom stereocenters. The maximum absolute atomic E-state index is 12.1. The molecule has 4 aliphatic rings. The summed E-state index contributed by atoms with van der Waals surface area (Å²) in [5, 5.41) is 12.1. The summed E-state index contributed by atoms with van der Waals surface area (Å²) in [5.74, 6) is 1.92. The fourth-order valence-corrected chi connectivity index (χ4v) is 10.5. The van der Waals surface area contributed by atoms with E-state index in [0.29, 0.717) is 13.0 Å². The predicted molar refractivity (Wildman–Crippen MR) is 268 cm³/mol. The van der Waals surface area contributed by atoms with E-state index in [2.05, 4.69) is 120 Å². The SMILES string of the molecule is Cc1c(C)c([N+](=O)[O-])c(CN2CCN(Cc3ccc(-n4ccnc4)cc3)CC2)c2c1OC(C)(C)C2.Cc1c(C)c2c(c(CN3CCN(Cc4ccc(-n5ccnc5)cc4)CC3)c1N)CC(C)(C)O2. The minimum atomic E-state index is -0.338. The van der Waals surface area contributed by atoms with Crippen LogP contribution in [0.5, 0.6) is 11.5 Å². The number of nitrogens with zero attached hydrogens (tertiary/aromatic N) is 9. The van der Waals surface area contributed by atoms with Crippen molar-refractivity contribution >= 4 is 11.4 Å². The van der Waals surface area contributed by atoms with Crippen molar-refractivity contribution in [1.29, 1.82) is 0 Å². The number of aromatic nitrogens is 4. The molecule has 0 spiro atoms. The van der Waals surface area contributed by atoms with Crippen LogP contribution in [-0.2, 0) is 39.0 Å². The number of nitro benzene ring substituents is 1. The molecule has 0 aliphatic carbocycles. The van der Waals surface area contributed by atoms with E-state index in [4.69, 9.17) is 15.2 Å². The zero-order valence-corrected chi connectivity index (χ0v) is 41.2. The van der Waals surface area contributed by atoms with Gasteiger partial charge in [-0.2, -0.15) is 0 Å². The Bertz CT molecular complexity index is 2730. The Morgan fingerprint density at radius 1 is 0.574 bits per heavy atom. The first-order chi connectivity index (χ1) is 32.5. The summed E-state index contributed by atoms with van der Waals surface area (Å²) in [6, 6.07) is 17.4. The second kappa shape index (κ2) is 19.1. The maximum Gasteiger partial charge on any atom is 0.277 e. The molecule has 0 saturated carbocycles. The molecular weight excluding hydrogens is 853 g/mol. The summed E-state index contributed by atoms with van der Waals surface area (Å²) < 4.78 is 16.6. The van der Waals surface area contributed by atoms with Gasteiger partial charge in [-0.05, 0) is 107 Å². The minimum absolute atomic E-state index is 0.159. The van der Waals surface area contributed by atoms with Crippen molar-refractivity contribution in [3.05, 3.63) is 152 Å². The van der Waals surface area contributed by atoms with E-state index in [1.54, 1.807) is 18.7 Å². The lowest BCUT2D eigenvalue weighted by molar-refractivity contribution is -0.386. The predicted octanol–water partition coefficient (Wildman–Crippen LogP) is 8.53. The van der Waals surface area contributed by atoms with E-state index in [1.807, 2.05) is 41.7 Å². The highest BCUT2D eigenvalue weighted by Gasteiger charge is 2.39. The highest BCUT2D eigenvalue weighted by molar-refractivity contribution is 5.67. The van der Waals surface area contributed by atoms with Crippen LogP contribution in [0.1, 0.15) is 83.3 Å². The van der Waals surface area contributed by atoms with Crippen LogP contribution in [0, 0.1) is 37.8 Å². The Balaban J connectivity index is 0.000000170. The summed E-state index contributed by atoms with van der Waals surface area (Å²) in [4.78, 5) is 30.0. The molecule has 2 saturated heterocycles. The van der Waals surface area contributed by atoms with E-state index < -0.39 is 0 Å². The van der Waals surface area contributed by atoms with E-state index in [1.165, 1.54) is 33.4 Å². The normalized spacial score (nSPS) is 18.1. The van der Waals surface area contributed by atoms with Gasteiger partial charge in [0.15, 0.2) is 0 Å². The number of imidazole rings is 2. The van der Waals surface area contributed by atoms with Crippen LogP contribution in [-0.4, -0.2) is 107 Å². The zero-order chi connectivity index (χ0) is 47.9. The van der Waals surface area contributed by atoms with Gasteiger partial charge in [0.05, 0.1) is 23.1 Å². The van der Waals surface area contributed by atoms with Gasteiger partial charge in [0.2, 0.25) is 0 Å². The quantitative estimate of drug-likeness (QED) is 0.0761. The lowest BCUT2D eigenvalue weighted by atomic mass is 9.91. The molecule has 10 rings (SSSR count). The van der Waals surface area contributed by atoms with E-state index in [-0.39, 0.29) is 21.8 Å². The maximum atomic E-state index is 12.1. The number of fused-ring (bicyclic) bond motifs is 2. The number of rotatable bonds is 11. The van der Waals surface area contributed by atoms with Crippen molar-refractivity contribution in [3.8, 4) is 22.9 Å². The number of nitrogens with two attached hydrogens (primary N) is 1. The summed E-state index contributed by atoms with van der Waals surface area (Å²) in [5.41, 5.74) is 20.7. The molecule has 68 heavy (non-hydrogen) atoms. The molecule has 14 nitrogen and oxygen atoms in total. The van der Waals surface area contributed by atoms with Crippen LogP contribution in [0.4, 0.5) is 11.4 Å². The van der Waals surface area contributed by atoms with Gasteiger partial charge in [0.25, 0.3) is 5.69 Å². The van der Waals surface area contributed by atoms with Crippen LogP contribution < -0.4 is 15.2 Å². The number of piperazine rings is 2. The number of anilines is 1. The fraction of sp³-hybridized carbons (Fsp3) is 0.444. The Hall–Kier alpha value is -6.06. The third-order valence-electron chi connectivity index (χ3n) is 14.6. The molecule has 0 unspecified atom stereocenters. The first-order valence-electron chi connectivity index (χ1n) is 24.1. The third-order valence-corrected chi connectivity index (χ3v) is 14.6. The Morgan fingerprint density at radius 3 is 1.35 bits per heavy atom. The molecule has 0 amide bonds. The Kier molecular flexibility index (Phi) is 13.2. The highest BCUT2D eigenvalue weighted by atomic mass is 16.6. The lowest BCUT2D eigenvalue weighted by Crippen LogP contribution is -2.45. The molecule has 4 aromatic carbocycles. The standard InChI is InChI=1S/C27H33N5O3.C27H35N5O/c1-19-20(2)26-23(15-27(3,4)35-26)24(25(19)32(33)34)17-30-13-11-29(12-14-30)16-21-5-7-22(8-6-21)31-10-9-28-18-31;1-19-20(2)26-23(15-27(3,4)33-26)24(25(19)28)17-31-13-11-30(12-14-31)16-21-5-7-22(8-6-21)32-10-9-29-18-32/h5-10,18H,11-17H2,1-4H3;5-10,18H,11-17,28H2,1-4H3. The molecule has 2 fully saturated rings. The van der Waals surface area contributed by atoms with Crippen molar-refractivity contribution in [2.75, 3.05) is 58.1 Å². The van der Waals surface area contributed by atoms with E-state index >= 15 is 0 Å². The van der Waals surface area contributed by atoms with Crippen molar-refractivity contribution < 1.29 is 14.4 Å². The molecule has 4 aliphatic heterocycles. The molecule has 14 heteroatoms. The van der Waals surface area contributed by atoms with Crippen LogP contribution in [0.3, 0.4) is 0 Å². The molecule has 2 aromatic heterocycles. The summed E-state index contributed by atoms with van der Waals surface area (Å²) in [6.45, 7) is 27.8. The molecule has 0 bridgehead atoms. The molecule has 6 aromatic rings. The number of hydrogen-bond donors (Lipinski definition) is 1. The monoisotopic (exact) mass is 921 g/mol. The largest absolute Gasteiger partial charge is 0.487 e. The van der Waals surface area contributed by atoms with Gasteiger partial charge in [-0.1, -0.05) is 24.3 Å². The summed E-state index contributed by atoms with van der Waals surface area (Å²) in [7, 11) is 0. The average molecular weight is 921 g/mol. The van der Waals surface area contributed by atoms with Gasteiger partial charge in [0.1, 0.15) is 22.7 Å². The summed E-state index contributed by atoms with van der Waals surface area (Å²) >= 11 is 0. The van der Waals surface area contributed by atoms with Gasteiger partial charge >= 0.3 is 0 Å². The molecular formula is C54H68N10O4. The average Bonchev–Trinajstić information content (AvgIpc) is 4.16. The van der Waals surface area contributed by atoms with E-state index in [0.717, 1.165) is 129 Å². The van der Waals surface area contributed by atoms with E-state index in [9.17, 15) is 10.1 Å². The molecule has 6 heterocycles. The molecule has 358 valence electrons. The van der Waals surface area contributed by atoms with Gasteiger partial charge in [0, 0.05) is 155 Å². The molecule has 0 radical (unpaired) electrons. The van der Waals surface area contributed by atoms with Crippen molar-refractivity contribution in [3.63, 3.8) is 0 Å². The second-order valence-electron chi connectivity index (χ2n) is 20.5. The van der Waals surface area contributed by atoms with Crippen LogP contribution in [0.25, 0.3) is 11.4 Å². The third kappa shape index (κ3) is 10.1. The lowest BCUT2D eigenvalue weighted by Gasteiger charge is -2.35. The summed E-state index contributed by atoms with van der Waals surface area (Å²) in [6.07, 6.45) is 12.8. The van der Waals surface area contributed by atoms with Crippen LogP contribution >= 0.6 is 0 Å². The van der Waals surface area contributed by atoms with Gasteiger partial charge in [-0.15, -0.1) is 0 Å². The van der Waals surface area contributed by atoms with Gasteiger partial charge in [-0.3, -0.25) is 29.7 Å². The first-order valence-corrected chi connectivity index (χ1v) is 24.1. The van der Waals surface area contributed by atoms with Crippen molar-refractivity contribution in [2.45, 2.75) is 106 Å². The zero-order valence-electron chi connectivity index (χ0n) is 41.2. The Morgan fingerprint density at radius 2 is 0.956 bits per heavy atom. The smallest absolute Gasteiger partial charge is 0.277 e. The first kappa shape index (κ1) is 47.0. The number of nitrogen functional groups attached to an aromatic ring is 1. The van der Waals surface area contributed by atoms with Gasteiger partial charge in [-0.25, -0.2) is 9.97 Å². The van der Waals surface area contributed by atoms with Crippen LogP contribution in [0.2, 0.25) is 0 Å². The van der Waals surface area contributed by atoms with Gasteiger partial charge < -0.3 is 24.3 Å². The van der Waals surface area contributed by atoms with Crippen LogP contribution in [0.15, 0.2) is 86.0 Å². The minimum Gasteiger partial charge on any atom is -0.487 e. The number of nitro groups is 1. The topological polar surface area (TPSA) is 136 Å². The number of benzene rings is 4. The highest BCUT2D eigenvalue weighted by Crippen LogP contribution is 2.47.